The van der Waals surface area contributed by atoms with E-state index >= 15 is 0 Å². The van der Waals surface area contributed by atoms with Gasteiger partial charge in [0.15, 0.2) is 0 Å². The average molecular weight is 674 g/mol. The van der Waals surface area contributed by atoms with Crippen molar-refractivity contribution in [2.75, 3.05) is 80.5 Å². The van der Waals surface area contributed by atoms with Crippen LogP contribution in [-0.2, 0) is 39.8 Å². The van der Waals surface area contributed by atoms with Crippen LogP contribution < -0.4 is 0 Å². The fourth-order valence-corrected chi connectivity index (χ4v) is 15.5. The smallest absolute Gasteiger partial charge is 0.377 e. The molecule has 0 atom stereocenters. The predicted molar refractivity (Wildman–Crippen MR) is 169 cm³/mol. The average Bonchev–Trinajstić information content (AvgIpc) is 2.93. The standard InChI is InChI=1S/C21H51NO9S4Si3/c1-10-29-38(30-11-2,31-12-3)19-13-16-22(34-32-17-14-20-36(23-4,24-5)25-6)35-33-18-15-21-37(26-7,27-8)28-9/h10-21H2,1-9H3. The Kier molecular flexibility index (Phi) is 25.2. The van der Waals surface area contributed by atoms with Crippen molar-refractivity contribution in [1.82, 2.24) is 3.71 Å². The second-order valence-corrected chi connectivity index (χ2v) is 21.7. The highest BCUT2D eigenvalue weighted by Crippen LogP contribution is 2.40. The summed E-state index contributed by atoms with van der Waals surface area (Å²) >= 11 is 0. The van der Waals surface area contributed by atoms with Crippen LogP contribution in [0.3, 0.4) is 0 Å². The first kappa shape index (κ1) is 39.7. The maximum Gasteiger partial charge on any atom is 0.500 e. The highest BCUT2D eigenvalue weighted by molar-refractivity contribution is 8.83. The van der Waals surface area contributed by atoms with Gasteiger partial charge in [-0.15, -0.1) is 0 Å². The van der Waals surface area contributed by atoms with E-state index in [9.17, 15) is 0 Å². The monoisotopic (exact) mass is 673 g/mol. The minimum absolute atomic E-state index is 0.593. The summed E-state index contributed by atoms with van der Waals surface area (Å²) in [5.74, 6) is 1.94. The van der Waals surface area contributed by atoms with Gasteiger partial charge in [-0.3, -0.25) is 0 Å². The molecule has 0 aliphatic rings. The molecule has 0 saturated carbocycles. The Balaban J connectivity index is 4.89. The maximum atomic E-state index is 6.03. The van der Waals surface area contributed by atoms with E-state index < -0.39 is 26.4 Å². The van der Waals surface area contributed by atoms with E-state index in [1.54, 1.807) is 64.6 Å². The molecule has 0 aliphatic heterocycles. The van der Waals surface area contributed by atoms with Crippen molar-refractivity contribution in [3.05, 3.63) is 0 Å². The second-order valence-electron chi connectivity index (χ2n) is 7.73. The molecule has 0 aromatic rings. The summed E-state index contributed by atoms with van der Waals surface area (Å²) in [4.78, 5) is 0. The molecule has 0 heterocycles. The van der Waals surface area contributed by atoms with Crippen molar-refractivity contribution >= 4 is 70.0 Å². The van der Waals surface area contributed by atoms with Gasteiger partial charge in [-0.2, -0.15) is 3.71 Å². The lowest BCUT2D eigenvalue weighted by atomic mass is 10.5. The molecule has 0 aromatic carbocycles. The Morgan fingerprint density at radius 2 is 0.842 bits per heavy atom. The number of hydrogen-bond acceptors (Lipinski definition) is 14. The van der Waals surface area contributed by atoms with Gasteiger partial charge in [-0.25, -0.2) is 0 Å². The van der Waals surface area contributed by atoms with E-state index in [2.05, 4.69) is 3.71 Å². The fourth-order valence-electron chi connectivity index (χ4n) is 3.51. The van der Waals surface area contributed by atoms with E-state index in [-0.39, 0.29) is 0 Å². The summed E-state index contributed by atoms with van der Waals surface area (Å²) in [6, 6.07) is 2.38. The van der Waals surface area contributed by atoms with Crippen LogP contribution in [0.5, 0.6) is 0 Å². The van der Waals surface area contributed by atoms with Crippen LogP contribution >= 0.6 is 43.5 Å². The minimum atomic E-state index is -2.65. The summed E-state index contributed by atoms with van der Waals surface area (Å²) < 4.78 is 53.7. The van der Waals surface area contributed by atoms with Gasteiger partial charge in [-0.05, 0) is 40.0 Å². The quantitative estimate of drug-likeness (QED) is 0.0430. The van der Waals surface area contributed by atoms with E-state index in [4.69, 9.17) is 39.8 Å². The van der Waals surface area contributed by atoms with Crippen LogP contribution in [-0.4, -0.2) is 111 Å². The zero-order chi connectivity index (χ0) is 28.8. The van der Waals surface area contributed by atoms with Gasteiger partial charge >= 0.3 is 26.4 Å². The fraction of sp³-hybridized carbons (Fsp3) is 1.00. The molecule has 10 nitrogen and oxygen atoms in total. The molecular formula is C21H51NO9S4Si3. The first-order valence-electron chi connectivity index (χ1n) is 12.9. The lowest BCUT2D eigenvalue weighted by Crippen LogP contribution is -2.46. The van der Waals surface area contributed by atoms with Gasteiger partial charge in [-0.1, -0.05) is 21.6 Å². The lowest BCUT2D eigenvalue weighted by Gasteiger charge is -2.29. The van der Waals surface area contributed by atoms with Gasteiger partial charge < -0.3 is 39.8 Å². The molecule has 0 aliphatic carbocycles. The van der Waals surface area contributed by atoms with Crippen molar-refractivity contribution in [3.63, 3.8) is 0 Å². The molecule has 0 fully saturated rings. The summed E-state index contributed by atoms with van der Waals surface area (Å²) in [6.07, 6.45) is 2.84. The Morgan fingerprint density at radius 1 is 0.500 bits per heavy atom. The molecule has 0 spiro atoms. The number of hydrogen-bond donors (Lipinski definition) is 0. The summed E-state index contributed by atoms with van der Waals surface area (Å²) in [7, 11) is 9.46. The van der Waals surface area contributed by atoms with Crippen molar-refractivity contribution in [3.8, 4) is 0 Å². The van der Waals surface area contributed by atoms with Crippen LogP contribution in [0, 0.1) is 0 Å². The molecular weight excluding hydrogens is 623 g/mol. The Bertz CT molecular complexity index is 497. The lowest BCUT2D eigenvalue weighted by molar-refractivity contribution is 0.0707. The van der Waals surface area contributed by atoms with E-state index in [1.165, 1.54) is 0 Å². The molecule has 0 aromatic heterocycles. The van der Waals surface area contributed by atoms with E-state index in [0.717, 1.165) is 55.4 Å². The zero-order valence-electron chi connectivity index (χ0n) is 24.7. The molecule has 0 saturated heterocycles. The molecule has 0 N–H and O–H groups in total. The van der Waals surface area contributed by atoms with E-state index in [1.807, 2.05) is 42.4 Å². The molecule has 230 valence electrons. The van der Waals surface area contributed by atoms with Crippen LogP contribution in [0.1, 0.15) is 40.0 Å². The molecule has 0 bridgehead atoms. The maximum absolute atomic E-state index is 6.03. The Morgan fingerprint density at radius 3 is 1.16 bits per heavy atom. The van der Waals surface area contributed by atoms with Crippen molar-refractivity contribution in [2.45, 2.75) is 58.2 Å². The third-order valence-electron chi connectivity index (χ3n) is 5.48. The normalized spacial score (nSPS) is 13.1. The van der Waals surface area contributed by atoms with Gasteiger partial charge in [0.05, 0.1) is 0 Å². The third-order valence-corrected chi connectivity index (χ3v) is 19.8. The van der Waals surface area contributed by atoms with Gasteiger partial charge in [0, 0.05) is 121 Å². The van der Waals surface area contributed by atoms with E-state index in [0.29, 0.717) is 19.8 Å². The van der Waals surface area contributed by atoms with Crippen LogP contribution in [0.2, 0.25) is 18.1 Å². The van der Waals surface area contributed by atoms with Crippen LogP contribution in [0.15, 0.2) is 0 Å². The number of nitrogens with zero attached hydrogens (tertiary/aromatic N) is 1. The summed E-state index contributed by atoms with van der Waals surface area (Å²) in [5.41, 5.74) is 0. The first-order chi connectivity index (χ1) is 18.3. The zero-order valence-corrected chi connectivity index (χ0v) is 31.0. The second kappa shape index (κ2) is 24.1. The largest absolute Gasteiger partial charge is 0.500 e. The van der Waals surface area contributed by atoms with Crippen molar-refractivity contribution in [2.24, 2.45) is 0 Å². The molecule has 0 amide bonds. The molecule has 17 heteroatoms. The van der Waals surface area contributed by atoms with Crippen LogP contribution in [0.25, 0.3) is 0 Å². The molecule has 0 radical (unpaired) electrons. The van der Waals surface area contributed by atoms with Gasteiger partial charge in [0.2, 0.25) is 0 Å². The SMILES string of the molecule is CCO[Si](CCCN(SSCCC[Si](OC)(OC)OC)SSCCC[Si](OC)(OC)OC)(OCC)OCC. The Hall–Kier alpha value is 1.65. The van der Waals surface area contributed by atoms with Crippen molar-refractivity contribution < 1.29 is 39.8 Å². The Labute approximate surface area is 251 Å². The van der Waals surface area contributed by atoms with Gasteiger partial charge in [0.25, 0.3) is 0 Å². The number of rotatable bonds is 28. The molecule has 0 rings (SSSR count). The topological polar surface area (TPSA) is 86.3 Å². The highest BCUT2D eigenvalue weighted by Gasteiger charge is 2.40. The summed E-state index contributed by atoms with van der Waals surface area (Å²) in [5, 5.41) is 0. The molecule has 0 unspecified atom stereocenters. The summed E-state index contributed by atoms with van der Waals surface area (Å²) in [6.45, 7) is 8.65. The molecule has 38 heavy (non-hydrogen) atoms. The van der Waals surface area contributed by atoms with Crippen molar-refractivity contribution in [1.29, 1.82) is 0 Å². The van der Waals surface area contributed by atoms with Gasteiger partial charge in [0.1, 0.15) is 0 Å². The highest BCUT2D eigenvalue weighted by atomic mass is 33.1. The predicted octanol–water partition coefficient (Wildman–Crippen LogP) is 5.86. The van der Waals surface area contributed by atoms with Crippen LogP contribution in [0.4, 0.5) is 0 Å². The minimum Gasteiger partial charge on any atom is -0.377 e. The third kappa shape index (κ3) is 15.8. The first-order valence-corrected chi connectivity index (χ1v) is 23.3.